The second-order valence-electron chi connectivity index (χ2n) is 37.2. The van der Waals surface area contributed by atoms with Crippen LogP contribution in [0.1, 0.15) is 5.82 Å². The van der Waals surface area contributed by atoms with Crippen LogP contribution in [0.4, 0.5) is 0 Å². The van der Waals surface area contributed by atoms with Gasteiger partial charge in [-0.3, -0.25) is 4.57 Å². The summed E-state index contributed by atoms with van der Waals surface area (Å²) in [4.78, 5) is 14.8. The van der Waals surface area contributed by atoms with Crippen molar-refractivity contribution < 1.29 is 13.3 Å². The molecule has 9 nitrogen and oxygen atoms in total. The normalized spacial score (nSPS) is 11.9. The van der Waals surface area contributed by atoms with Crippen LogP contribution in [0.5, 0.6) is 0 Å². The summed E-state index contributed by atoms with van der Waals surface area (Å²) in [5.41, 5.74) is 29.7. The first-order valence-electron chi connectivity index (χ1n) is 48.1. The molecule has 660 valence electrons. The maximum Gasteiger partial charge on any atom is 0.140 e. The number of nitrogens with zero attached hydrogens (tertiary/aromatic N) is 6. The zero-order chi connectivity index (χ0) is 93.2. The van der Waals surface area contributed by atoms with Crippen LogP contribution in [-0.2, 0) is 14.1 Å². The highest BCUT2D eigenvalue weighted by Crippen LogP contribution is 2.51. The first kappa shape index (κ1) is 80.8. The molecule has 0 spiro atoms. The fourth-order valence-electron chi connectivity index (χ4n) is 22.7. The van der Waals surface area contributed by atoms with Crippen LogP contribution < -0.4 is 0 Å². The summed E-state index contributed by atoms with van der Waals surface area (Å²) in [6, 6.07) is 163. The first-order chi connectivity index (χ1) is 69.6. The Morgan fingerprint density at radius 2 is 0.433 bits per heavy atom. The third-order valence-electron chi connectivity index (χ3n) is 29.2. The van der Waals surface area contributed by atoms with Gasteiger partial charge in [0.15, 0.2) is 0 Å². The number of aryl methyl sites for hydroxylation is 3. The number of rotatable bonds is 9. The zero-order valence-corrected chi connectivity index (χ0v) is 77.2. The highest BCUT2D eigenvalue weighted by atomic mass is 16.3. The van der Waals surface area contributed by atoms with Gasteiger partial charge in [-0.15, -0.1) is 0 Å². The Morgan fingerprint density at radius 3 is 0.801 bits per heavy atom. The third-order valence-corrected chi connectivity index (χ3v) is 29.2. The van der Waals surface area contributed by atoms with Crippen molar-refractivity contribution in [1.82, 2.24) is 28.7 Å². The Hall–Kier alpha value is -18.6. The van der Waals surface area contributed by atoms with Gasteiger partial charge in [0.05, 0.1) is 33.1 Å². The number of fused-ring (bicyclic) bond motifs is 21. The van der Waals surface area contributed by atoms with Crippen LogP contribution >= 0.6 is 0 Å². The van der Waals surface area contributed by atoms with Gasteiger partial charge in [0.2, 0.25) is 0 Å². The topological polar surface area (TPSA) is 92.9 Å². The van der Waals surface area contributed by atoms with Crippen LogP contribution in [0.25, 0.3) is 291 Å². The van der Waals surface area contributed by atoms with Gasteiger partial charge in [0.25, 0.3) is 0 Å². The van der Waals surface area contributed by atoms with Crippen LogP contribution in [0.3, 0.4) is 0 Å². The minimum absolute atomic E-state index is 0.905. The summed E-state index contributed by atoms with van der Waals surface area (Å²) in [5, 5.41) is 28.8. The molecule has 6 aromatic heterocycles. The Morgan fingerprint density at radius 1 is 0.177 bits per heavy atom. The van der Waals surface area contributed by atoms with E-state index in [4.69, 9.17) is 28.2 Å². The third kappa shape index (κ3) is 13.2. The summed E-state index contributed by atoms with van der Waals surface area (Å²) in [5.74, 6) is 2.92. The molecule has 0 fully saturated rings. The molecular formula is C132H84N6O3. The molecule has 141 heavy (non-hydrogen) atoms. The van der Waals surface area contributed by atoms with Crippen molar-refractivity contribution in [2.75, 3.05) is 0 Å². The predicted molar refractivity (Wildman–Crippen MR) is 590 cm³/mol. The fraction of sp³-hybridized carbons (Fsp3) is 0.0227. The van der Waals surface area contributed by atoms with E-state index in [2.05, 4.69) is 471 Å². The van der Waals surface area contributed by atoms with E-state index >= 15 is 0 Å². The molecule has 30 rings (SSSR count). The molecule has 24 aromatic carbocycles. The Bertz CT molecular complexity index is 10300. The van der Waals surface area contributed by atoms with Crippen molar-refractivity contribution in [2.45, 2.75) is 6.92 Å². The summed E-state index contributed by atoms with van der Waals surface area (Å²) in [6.07, 6.45) is 0. The van der Waals surface area contributed by atoms with Gasteiger partial charge in [-0.25, -0.2) is 15.0 Å². The van der Waals surface area contributed by atoms with Gasteiger partial charge >= 0.3 is 0 Å². The molecule has 0 amide bonds. The van der Waals surface area contributed by atoms with Gasteiger partial charge in [-0.1, -0.05) is 334 Å². The first-order valence-corrected chi connectivity index (χ1v) is 48.1. The summed E-state index contributed by atoms with van der Waals surface area (Å²) < 4.78 is 25.7. The maximum absolute atomic E-state index is 6.37. The van der Waals surface area contributed by atoms with Crippen LogP contribution in [-0.4, -0.2) is 28.7 Å². The van der Waals surface area contributed by atoms with E-state index in [1.165, 1.54) is 158 Å². The molecule has 0 aliphatic carbocycles. The van der Waals surface area contributed by atoms with Crippen molar-refractivity contribution in [3.8, 4) is 95.2 Å². The second-order valence-corrected chi connectivity index (χ2v) is 37.2. The number of hydrogen-bond acceptors (Lipinski definition) is 6. The molecule has 0 bridgehead atoms. The molecule has 9 heteroatoms. The van der Waals surface area contributed by atoms with Crippen LogP contribution in [0.15, 0.2) is 468 Å². The standard InChI is InChI=1S/3C44H28N2O/c1-27-45-39-16-8-9-17-40(39)46(27)32-21-18-28(19-22-32)43-33-12-4-6-14-35(33)44(36-15-7-5-13-34(36)43)31-20-23-41-37(25-31)38-24-29-10-2-3-11-30(29)26-42(38)47-41;1-46-39-17-9-8-16-38(39)45-44(46)28-20-18-27(19-21-28)42-32-12-4-6-14-34(32)43(35-15-7-5-13-33(35)42)31-22-23-40-36(25-31)37-24-29-10-2-3-11-30(29)26-41(37)47-40;1-46-39-21-19-31(25-38(39)45-44(46)27-11-3-2-4-12-27)43-34-17-9-7-15-32(34)42(33-16-8-10-18-35(33)43)30-20-22-40-36(24-30)37-23-28-13-5-6-14-29(28)26-41(37)47-40/h3*2-26H,1H3. The highest BCUT2D eigenvalue weighted by Gasteiger charge is 2.26. The number of imidazole rings is 3. The molecule has 0 aliphatic heterocycles. The fourth-order valence-corrected chi connectivity index (χ4v) is 22.7. The minimum atomic E-state index is 0.905. The van der Waals surface area contributed by atoms with Crippen LogP contribution in [0, 0.1) is 6.92 Å². The van der Waals surface area contributed by atoms with Crippen molar-refractivity contribution >= 4 is 196 Å². The maximum atomic E-state index is 6.37. The lowest BCUT2D eigenvalue weighted by atomic mass is 9.85. The van der Waals surface area contributed by atoms with Gasteiger partial charge in [0, 0.05) is 63.2 Å². The number of aromatic nitrogens is 6. The van der Waals surface area contributed by atoms with Crippen LogP contribution in [0.2, 0.25) is 0 Å². The van der Waals surface area contributed by atoms with Crippen molar-refractivity contribution in [2.24, 2.45) is 14.1 Å². The molecule has 0 saturated carbocycles. The molecule has 0 radical (unpaired) electrons. The summed E-state index contributed by atoms with van der Waals surface area (Å²) >= 11 is 0. The average molecular weight is 1800 g/mol. The molecule has 6 heterocycles. The SMILES string of the molecule is Cc1nc2ccccc2n1-c1ccc(-c2c3ccccc3c(-c3ccc4oc5cc6ccccc6cc5c4c3)c3ccccc23)cc1.Cn1c(-c2ccc(-c3c4ccccc4c(-c4ccc5oc6cc7ccccc7cc6c5c4)c4ccccc34)cc2)nc2ccccc21.Cn1c(-c2ccccc2)nc2cc(-c3c4ccccc4c(-c4ccc5oc6cc7ccccc7cc6c5c4)c4ccccc34)ccc21. The summed E-state index contributed by atoms with van der Waals surface area (Å²) in [7, 11) is 4.18. The lowest BCUT2D eigenvalue weighted by Crippen LogP contribution is -1.97. The number of furan rings is 3. The quantitative estimate of drug-likeness (QED) is 0.134. The number of benzene rings is 24. The van der Waals surface area contributed by atoms with E-state index in [-0.39, 0.29) is 0 Å². The van der Waals surface area contributed by atoms with Gasteiger partial charge in [0.1, 0.15) is 51.0 Å². The Kier molecular flexibility index (Phi) is 18.5. The van der Waals surface area contributed by atoms with E-state index in [0.29, 0.717) is 0 Å². The molecule has 0 N–H and O–H groups in total. The molecular weight excluding hydrogens is 1720 g/mol. The zero-order valence-electron chi connectivity index (χ0n) is 77.2. The van der Waals surface area contributed by atoms with E-state index in [9.17, 15) is 0 Å². The Labute approximate surface area is 809 Å². The smallest absolute Gasteiger partial charge is 0.140 e. The largest absolute Gasteiger partial charge is 0.456 e. The van der Waals surface area contributed by atoms with Gasteiger partial charge < -0.3 is 22.4 Å². The van der Waals surface area contributed by atoms with Gasteiger partial charge in [-0.05, 0) is 292 Å². The molecule has 0 unspecified atom stereocenters. The minimum Gasteiger partial charge on any atom is -0.456 e. The predicted octanol–water partition coefficient (Wildman–Crippen LogP) is 35.9. The Balaban J connectivity index is 0.000000104. The van der Waals surface area contributed by atoms with Gasteiger partial charge in [-0.2, -0.15) is 0 Å². The van der Waals surface area contributed by atoms with E-state index in [1.807, 2.05) is 18.2 Å². The van der Waals surface area contributed by atoms with Crippen molar-refractivity contribution in [1.29, 1.82) is 0 Å². The molecule has 0 atom stereocenters. The van der Waals surface area contributed by atoms with Crippen molar-refractivity contribution in [3.05, 3.63) is 461 Å². The lowest BCUT2D eigenvalue weighted by molar-refractivity contribution is 0.669. The van der Waals surface area contributed by atoms with E-state index in [1.54, 1.807) is 0 Å². The van der Waals surface area contributed by atoms with E-state index in [0.717, 1.165) is 139 Å². The van der Waals surface area contributed by atoms with Crippen molar-refractivity contribution in [3.63, 3.8) is 0 Å². The monoisotopic (exact) mass is 1800 g/mol. The average Bonchev–Trinajstić information content (AvgIpc) is 1.71. The highest BCUT2D eigenvalue weighted by molar-refractivity contribution is 6.27. The molecule has 30 aromatic rings. The molecule has 0 saturated heterocycles. The number of para-hydroxylation sites is 4. The summed E-state index contributed by atoms with van der Waals surface area (Å²) in [6.45, 7) is 2.07. The second kappa shape index (κ2) is 32.3. The lowest BCUT2D eigenvalue weighted by Gasteiger charge is -2.18. The number of hydrogen-bond donors (Lipinski definition) is 0. The van der Waals surface area contributed by atoms with E-state index < -0.39 is 0 Å². The molecule has 0 aliphatic rings.